The third kappa shape index (κ3) is 1.85. The Labute approximate surface area is 66.7 Å². The highest BCUT2D eigenvalue weighted by Crippen LogP contribution is 2.41. The molecular weight excluding hydrogens is 235 g/mol. The molecule has 0 aliphatic carbocycles. The van der Waals surface area contributed by atoms with Crippen LogP contribution in [0.3, 0.4) is 0 Å². The minimum atomic E-state index is -6.99. The smallest absolute Gasteiger partial charge is 0.201 e. The van der Waals surface area contributed by atoms with Crippen molar-refractivity contribution in [1.82, 2.24) is 4.75 Å². The Morgan fingerprint density at radius 2 is 1.23 bits per heavy atom. The lowest BCUT2D eigenvalue weighted by molar-refractivity contribution is -0.247. The average molecular weight is 235 g/mol. The Kier molecular flexibility index (Phi) is 2.84. The van der Waals surface area contributed by atoms with Gasteiger partial charge in [-0.25, -0.2) is 8.42 Å². The second kappa shape index (κ2) is 2.97. The van der Waals surface area contributed by atoms with Crippen molar-refractivity contribution < 1.29 is 39.3 Å². The van der Waals surface area contributed by atoms with Crippen molar-refractivity contribution in [2.75, 3.05) is 0 Å². The number of nitrogens with zero attached hydrogens (tertiary/aromatic N) is 1. The number of rotatable bonds is 2. The van der Waals surface area contributed by atoms with E-state index in [1.807, 2.05) is 0 Å². The summed E-state index contributed by atoms with van der Waals surface area (Å²) in [7, 11) is -6.99. The molecule has 0 atom stereocenters. The fourth-order valence-electron chi connectivity index (χ4n) is 0.233. The monoisotopic (exact) mass is 235 g/mol. The number of hydrogen-bond acceptors (Lipinski definition) is 2. The first-order chi connectivity index (χ1) is 5.44. The molecule has 0 aliphatic heterocycles. The Hall–Kier alpha value is -0.580. The normalized spacial score (nSPS) is 15.1. The summed E-state index contributed by atoms with van der Waals surface area (Å²) in [6.07, 6.45) is -6.58. The average Bonchev–Trinajstić information content (AvgIpc) is 1.84. The van der Waals surface area contributed by atoms with Crippen LogP contribution in [0.15, 0.2) is 0 Å². The summed E-state index contributed by atoms with van der Waals surface area (Å²) in [5.41, 5.74) is 0. The van der Waals surface area contributed by atoms with E-state index in [1.54, 1.807) is 0 Å². The minimum absolute atomic E-state index is 3.18. The fourth-order valence-corrected chi connectivity index (χ4v) is 0.699. The molecule has 0 radical (unpaired) electrons. The minimum Gasteiger partial charge on any atom is -0.201 e. The third-order valence-electron chi connectivity index (χ3n) is 0.836. The molecular formula is C2F7NO2S. The Balaban J connectivity index is 5.31. The lowest BCUT2D eigenvalue weighted by Gasteiger charge is -2.18. The van der Waals surface area contributed by atoms with Crippen LogP contribution in [0.4, 0.5) is 30.9 Å². The fraction of sp³-hybridized carbons (Fsp3) is 1.00. The molecule has 11 heteroatoms. The van der Waals surface area contributed by atoms with Gasteiger partial charge in [0.05, 0.1) is 0 Å². The summed E-state index contributed by atoms with van der Waals surface area (Å²) in [5.74, 6) is 0. The first kappa shape index (κ1) is 12.4. The van der Waals surface area contributed by atoms with Crippen LogP contribution in [0, 0.1) is 0 Å². The number of hydrogen-bond donors (Lipinski definition) is 0. The molecule has 0 rings (SSSR count). The lowest BCUT2D eigenvalue weighted by atomic mass is 10.7. The molecule has 0 aliphatic rings. The Morgan fingerprint density at radius 1 is 0.923 bits per heavy atom. The molecule has 0 saturated carbocycles. The Bertz CT molecular complexity index is 277. The van der Waals surface area contributed by atoms with Gasteiger partial charge in [-0.15, -0.1) is 0 Å². The van der Waals surface area contributed by atoms with Crippen molar-refractivity contribution in [2.24, 2.45) is 0 Å². The highest BCUT2D eigenvalue weighted by Gasteiger charge is 2.70. The van der Waals surface area contributed by atoms with Crippen LogP contribution in [0.25, 0.3) is 0 Å². The molecule has 80 valence electrons. The van der Waals surface area contributed by atoms with E-state index in [1.165, 1.54) is 0 Å². The summed E-state index contributed by atoms with van der Waals surface area (Å²) < 4.78 is 95.5. The van der Waals surface area contributed by atoms with Crippen LogP contribution in [0.5, 0.6) is 0 Å². The summed E-state index contributed by atoms with van der Waals surface area (Å²) in [4.78, 5) is 0. The second-order valence-electron chi connectivity index (χ2n) is 1.69. The van der Waals surface area contributed by atoms with Gasteiger partial charge in [-0.2, -0.15) is 22.0 Å². The van der Waals surface area contributed by atoms with Gasteiger partial charge in [0, 0.05) is 0 Å². The summed E-state index contributed by atoms with van der Waals surface area (Å²) in [6, 6.07) is 0. The molecule has 0 aromatic heterocycles. The van der Waals surface area contributed by atoms with Crippen LogP contribution in [0.2, 0.25) is 0 Å². The second-order valence-corrected chi connectivity index (χ2v) is 3.43. The largest absolute Gasteiger partial charge is 0.471 e. The van der Waals surface area contributed by atoms with Gasteiger partial charge >= 0.3 is 21.5 Å². The van der Waals surface area contributed by atoms with Gasteiger partial charge in [0.25, 0.3) is 0 Å². The van der Waals surface area contributed by atoms with E-state index < -0.39 is 26.2 Å². The highest BCUT2D eigenvalue weighted by molar-refractivity contribution is 7.89. The zero-order chi connectivity index (χ0) is 11.1. The van der Waals surface area contributed by atoms with E-state index in [9.17, 15) is 39.3 Å². The summed E-state index contributed by atoms with van der Waals surface area (Å²) in [5, 5.41) is -6.50. The predicted molar refractivity (Wildman–Crippen MR) is 24.0 cm³/mol. The maximum Gasteiger partial charge on any atom is 0.471 e. The highest BCUT2D eigenvalue weighted by atomic mass is 32.2. The molecule has 13 heavy (non-hydrogen) atoms. The molecule has 0 amide bonds. The van der Waals surface area contributed by atoms with Gasteiger partial charge in [-0.3, -0.25) is 0 Å². The molecule has 0 fully saturated rings. The van der Waals surface area contributed by atoms with Crippen molar-refractivity contribution in [2.45, 2.75) is 11.4 Å². The number of halogens is 7. The van der Waals surface area contributed by atoms with E-state index >= 15 is 0 Å². The predicted octanol–water partition coefficient (Wildman–Crippen LogP) is 1.54. The lowest BCUT2D eigenvalue weighted by Crippen LogP contribution is -2.47. The van der Waals surface area contributed by atoms with Crippen molar-refractivity contribution in [3.8, 4) is 0 Å². The van der Waals surface area contributed by atoms with Gasteiger partial charge in [-0.05, 0) is 0 Å². The quantitative estimate of drug-likeness (QED) is 0.537. The molecule has 0 aromatic carbocycles. The van der Waals surface area contributed by atoms with E-state index in [0.29, 0.717) is 0 Å². The maximum atomic E-state index is 11.7. The molecule has 0 aromatic rings. The van der Waals surface area contributed by atoms with Crippen molar-refractivity contribution in [3.63, 3.8) is 0 Å². The molecule has 0 unspecified atom stereocenters. The SMILES string of the molecule is O=S(=O)(N(F)F)C(F)(F)C(F)(F)F. The van der Waals surface area contributed by atoms with Gasteiger partial charge in [0.2, 0.25) is 0 Å². The van der Waals surface area contributed by atoms with Crippen molar-refractivity contribution in [3.05, 3.63) is 0 Å². The van der Waals surface area contributed by atoms with Gasteiger partial charge in [0.1, 0.15) is 4.75 Å². The van der Waals surface area contributed by atoms with Crippen LogP contribution in [0.1, 0.15) is 0 Å². The van der Waals surface area contributed by atoms with E-state index in [4.69, 9.17) is 0 Å². The molecule has 3 nitrogen and oxygen atoms in total. The number of sulfonamides is 1. The third-order valence-corrected chi connectivity index (χ3v) is 2.08. The van der Waals surface area contributed by atoms with Crippen LogP contribution < -0.4 is 0 Å². The Morgan fingerprint density at radius 3 is 1.31 bits per heavy atom. The van der Waals surface area contributed by atoms with Gasteiger partial charge in [0.15, 0.2) is 0 Å². The first-order valence-corrected chi connectivity index (χ1v) is 3.69. The molecule has 0 spiro atoms. The standard InChI is InChI=1S/C2F7NO2S/c3-1(4,5)2(6,7)13(11,12)10(8)9. The van der Waals surface area contributed by atoms with Crippen LogP contribution >= 0.6 is 0 Å². The van der Waals surface area contributed by atoms with Crippen molar-refractivity contribution in [1.29, 1.82) is 0 Å². The van der Waals surface area contributed by atoms with Crippen LogP contribution in [-0.4, -0.2) is 24.6 Å². The summed E-state index contributed by atoms with van der Waals surface area (Å²) in [6.45, 7) is 0. The van der Waals surface area contributed by atoms with Crippen molar-refractivity contribution >= 4 is 10.0 Å². The first-order valence-electron chi connectivity index (χ1n) is 2.25. The van der Waals surface area contributed by atoms with E-state index in [2.05, 4.69) is 0 Å². The molecule has 0 N–H and O–H groups in total. The van der Waals surface area contributed by atoms with Gasteiger partial charge < -0.3 is 0 Å². The molecule has 0 saturated heterocycles. The summed E-state index contributed by atoms with van der Waals surface area (Å²) >= 11 is 0. The van der Waals surface area contributed by atoms with Gasteiger partial charge in [-0.1, -0.05) is 8.96 Å². The molecule has 0 bridgehead atoms. The number of alkyl halides is 5. The zero-order valence-electron chi connectivity index (χ0n) is 5.32. The zero-order valence-corrected chi connectivity index (χ0v) is 6.13. The molecule has 0 heterocycles. The topological polar surface area (TPSA) is 37.4 Å². The van der Waals surface area contributed by atoms with Crippen LogP contribution in [-0.2, 0) is 10.0 Å². The van der Waals surface area contributed by atoms with E-state index in [0.717, 1.165) is 0 Å². The van der Waals surface area contributed by atoms with E-state index in [-0.39, 0.29) is 0 Å². The maximum absolute atomic E-state index is 11.7.